The van der Waals surface area contributed by atoms with Crippen molar-refractivity contribution in [1.29, 1.82) is 0 Å². The Bertz CT molecular complexity index is 2330. The maximum Gasteiger partial charge on any atom is 0.416 e. The topological polar surface area (TPSA) is 58.4 Å². The van der Waals surface area contributed by atoms with Crippen LogP contribution in [0.5, 0.6) is 0 Å². The van der Waals surface area contributed by atoms with Crippen LogP contribution in [0.1, 0.15) is 68.9 Å². The van der Waals surface area contributed by atoms with Crippen LogP contribution >= 0.6 is 11.8 Å². The molecule has 0 spiro atoms. The number of carbonyl (C=O) groups is 1. The normalized spacial score (nSPS) is 16.0. The second-order valence-electron chi connectivity index (χ2n) is 11.1. The van der Waals surface area contributed by atoms with Crippen LogP contribution in [0.4, 0.5) is 17.6 Å². The van der Waals surface area contributed by atoms with E-state index in [4.69, 9.17) is 15.1 Å². The van der Waals surface area contributed by atoms with E-state index in [0.29, 0.717) is 50.2 Å². The molecule has 0 N–H and O–H groups in total. The predicted octanol–water partition coefficient (Wildman–Crippen LogP) is 7.53. The summed E-state index contributed by atoms with van der Waals surface area (Å²) in [5.74, 6) is -2.17. The van der Waals surface area contributed by atoms with Gasteiger partial charge in [0.25, 0.3) is 5.56 Å². The third kappa shape index (κ3) is 8.54. The molecule has 0 unspecified atom stereocenters. The highest BCUT2D eigenvalue weighted by Gasteiger charge is 2.31. The molecule has 4 aromatic rings. The molecular formula is C37H40F4N4O2S. The number of carbonyl (C=O) groups excluding carboxylic acids is 1. The van der Waals surface area contributed by atoms with Gasteiger partial charge in [0.15, 0.2) is 5.16 Å². The first-order valence-corrected chi connectivity index (χ1v) is 16.3. The molecule has 11 heteroatoms. The summed E-state index contributed by atoms with van der Waals surface area (Å²) in [6, 6.07) is -9.25. The zero-order chi connectivity index (χ0) is 44.0. The fourth-order valence-corrected chi connectivity index (χ4v) is 6.24. The number of rotatable bonds is 13. The molecule has 6 nitrogen and oxygen atoms in total. The third-order valence-electron chi connectivity index (χ3n) is 7.98. The molecule has 1 aliphatic rings. The second-order valence-corrected chi connectivity index (χ2v) is 12.0. The molecule has 0 saturated heterocycles. The number of aromatic nitrogens is 2. The van der Waals surface area contributed by atoms with Crippen LogP contribution in [0.25, 0.3) is 11.1 Å². The smallest absolute Gasteiger partial charge is 0.336 e. The van der Waals surface area contributed by atoms with E-state index in [1.807, 2.05) is 18.7 Å². The fraction of sp³-hybridized carbons (Fsp3) is 0.378. The van der Waals surface area contributed by atoms with Crippen molar-refractivity contribution < 1.29 is 37.4 Å². The summed E-state index contributed by atoms with van der Waals surface area (Å²) in [5.41, 5.74) is -3.25. The molecule has 0 fully saturated rings. The van der Waals surface area contributed by atoms with Crippen molar-refractivity contribution in [3.8, 4) is 11.1 Å². The minimum absolute atomic E-state index is 0.0168. The van der Waals surface area contributed by atoms with Gasteiger partial charge in [0, 0.05) is 36.6 Å². The first kappa shape index (κ1) is 23.4. The fourth-order valence-electron chi connectivity index (χ4n) is 5.35. The number of likely N-dealkylation sites (N-methyl/N-ethyl adjacent to an activating group) is 1. The van der Waals surface area contributed by atoms with Crippen LogP contribution in [-0.4, -0.2) is 51.4 Å². The average molecular weight is 692 g/mol. The molecule has 0 bridgehead atoms. The summed E-state index contributed by atoms with van der Waals surface area (Å²) in [4.78, 5) is 35.1. The van der Waals surface area contributed by atoms with Gasteiger partial charge in [0.2, 0.25) is 5.91 Å². The van der Waals surface area contributed by atoms with Crippen LogP contribution in [0.3, 0.4) is 0 Å². The number of alkyl halides is 3. The highest BCUT2D eigenvalue weighted by atomic mass is 32.2. The molecule has 0 radical (unpaired) electrons. The molecule has 3 aromatic carbocycles. The first-order chi connectivity index (χ1) is 27.6. The molecule has 0 saturated carbocycles. The maximum absolute atomic E-state index is 14.5. The number of halogens is 4. The Kier molecular flexibility index (Phi) is 7.56. The van der Waals surface area contributed by atoms with E-state index in [0.717, 1.165) is 18.7 Å². The van der Waals surface area contributed by atoms with E-state index in [-0.39, 0.29) is 28.6 Å². The maximum atomic E-state index is 14.5. The van der Waals surface area contributed by atoms with Crippen LogP contribution in [0.15, 0.2) is 76.4 Å². The Labute approximate surface area is 298 Å². The SMILES string of the molecule is [2H]c1c([2H])c(CSc2nc(=O)c3c(n2CC(=O)N(CCN(CC)CC)Cc2c([2H])c([2H])c(-c4c([2H])c([2H])c(C(F)(F)F)c([2H])c4C)c([2H])c2[2H])CCC3)c([2H])c([2H])c1F. The third-order valence-corrected chi connectivity index (χ3v) is 8.98. The van der Waals surface area contributed by atoms with E-state index < -0.39 is 125 Å². The Balaban J connectivity index is 1.58. The van der Waals surface area contributed by atoms with Gasteiger partial charge in [-0.1, -0.05) is 67.9 Å². The summed E-state index contributed by atoms with van der Waals surface area (Å²) >= 11 is 0.860. The van der Waals surface area contributed by atoms with E-state index in [1.165, 1.54) is 9.47 Å². The standard InChI is InChI=1S/C37H40F4N4O2S/c1-4-43(5-2)19-20-44(22-26-9-13-28(14-10-26)31-18-15-29(21-25(31)3)37(39,40)41)34(46)23-45-33-8-6-7-32(33)35(47)42-36(45)48-24-27-11-16-30(38)17-12-27/h9-18,21H,4-8,19-20,22-24H2,1-3H3/i9D,10D,11D,12D,13D,14D,15D,16D,17D,18D,21D. The summed E-state index contributed by atoms with van der Waals surface area (Å²) < 4.78 is 149. The lowest BCUT2D eigenvalue weighted by atomic mass is 9.97. The summed E-state index contributed by atoms with van der Waals surface area (Å²) in [6.45, 7) is 5.53. The van der Waals surface area contributed by atoms with Crippen molar-refractivity contribution >= 4 is 17.7 Å². The van der Waals surface area contributed by atoms with E-state index in [1.54, 1.807) is 0 Å². The van der Waals surface area contributed by atoms with E-state index in [2.05, 4.69) is 4.98 Å². The van der Waals surface area contributed by atoms with E-state index in [9.17, 15) is 27.2 Å². The lowest BCUT2D eigenvalue weighted by Crippen LogP contribution is -2.40. The summed E-state index contributed by atoms with van der Waals surface area (Å²) in [5, 5.41) is 0.0168. The number of nitrogens with zero attached hydrogens (tertiary/aromatic N) is 4. The Morgan fingerprint density at radius 1 is 0.979 bits per heavy atom. The van der Waals surface area contributed by atoms with Gasteiger partial charge in [-0.15, -0.1) is 0 Å². The summed E-state index contributed by atoms with van der Waals surface area (Å²) in [7, 11) is 0. The first-order valence-electron chi connectivity index (χ1n) is 20.9. The van der Waals surface area contributed by atoms with Gasteiger partial charge < -0.3 is 14.4 Å². The van der Waals surface area contributed by atoms with Gasteiger partial charge in [-0.05, 0) is 91.3 Å². The highest BCUT2D eigenvalue weighted by Crippen LogP contribution is 2.33. The molecule has 48 heavy (non-hydrogen) atoms. The van der Waals surface area contributed by atoms with Crippen LogP contribution < -0.4 is 5.56 Å². The highest BCUT2D eigenvalue weighted by molar-refractivity contribution is 7.98. The van der Waals surface area contributed by atoms with Gasteiger partial charge in [0.1, 0.15) is 12.4 Å². The lowest BCUT2D eigenvalue weighted by Gasteiger charge is -2.28. The van der Waals surface area contributed by atoms with Crippen molar-refractivity contribution in [1.82, 2.24) is 19.4 Å². The number of hydrogen-bond donors (Lipinski definition) is 0. The van der Waals surface area contributed by atoms with Gasteiger partial charge >= 0.3 is 6.18 Å². The van der Waals surface area contributed by atoms with E-state index >= 15 is 0 Å². The number of thioether (sulfide) groups is 1. The van der Waals surface area contributed by atoms with Gasteiger partial charge in [-0.2, -0.15) is 18.2 Å². The minimum Gasteiger partial charge on any atom is -0.336 e. The largest absolute Gasteiger partial charge is 0.416 e. The number of fused-ring (bicyclic) bond motifs is 1. The molecule has 0 atom stereocenters. The van der Waals surface area contributed by atoms with Crippen molar-refractivity contribution in [3.05, 3.63) is 116 Å². The summed E-state index contributed by atoms with van der Waals surface area (Å²) in [6.07, 6.45) is -3.78. The molecule has 1 aromatic heterocycles. The van der Waals surface area contributed by atoms with Crippen molar-refractivity contribution in [2.75, 3.05) is 26.2 Å². The second kappa shape index (κ2) is 15.5. The zero-order valence-electron chi connectivity index (χ0n) is 37.6. The van der Waals surface area contributed by atoms with Crippen LogP contribution in [0.2, 0.25) is 0 Å². The Hall–Kier alpha value is -3.96. The number of benzene rings is 3. The zero-order valence-corrected chi connectivity index (χ0v) is 27.4. The molecule has 1 aliphatic carbocycles. The van der Waals surface area contributed by atoms with Crippen molar-refractivity contribution in [2.24, 2.45) is 0 Å². The molecule has 0 aliphatic heterocycles. The Morgan fingerprint density at radius 2 is 1.67 bits per heavy atom. The monoisotopic (exact) mass is 691 g/mol. The number of hydrogen-bond acceptors (Lipinski definition) is 5. The molecule has 1 heterocycles. The van der Waals surface area contributed by atoms with Gasteiger partial charge in [-0.3, -0.25) is 9.59 Å². The van der Waals surface area contributed by atoms with Crippen LogP contribution in [0, 0.1) is 12.7 Å². The molecule has 5 rings (SSSR count). The minimum atomic E-state index is -5.14. The predicted molar refractivity (Wildman–Crippen MR) is 181 cm³/mol. The van der Waals surface area contributed by atoms with Crippen LogP contribution in [-0.2, 0) is 42.7 Å². The van der Waals surface area contributed by atoms with Crippen molar-refractivity contribution in [2.45, 2.75) is 70.2 Å². The van der Waals surface area contributed by atoms with Gasteiger partial charge in [-0.25, -0.2) is 4.39 Å². The lowest BCUT2D eigenvalue weighted by molar-refractivity contribution is -0.137. The molecule has 1 amide bonds. The average Bonchev–Trinajstić information content (AvgIpc) is 3.69. The molecular weight excluding hydrogens is 640 g/mol. The number of amides is 1. The van der Waals surface area contributed by atoms with Crippen molar-refractivity contribution in [3.63, 3.8) is 0 Å². The van der Waals surface area contributed by atoms with Gasteiger partial charge in [0.05, 0.1) is 20.6 Å². The Morgan fingerprint density at radius 3 is 2.33 bits per heavy atom. The molecule has 254 valence electrons. The quantitative estimate of drug-likeness (QED) is 0.0825.